The average Bonchev–Trinajstić information content (AvgIpc) is 2.85. The van der Waals surface area contributed by atoms with Crippen molar-refractivity contribution in [2.45, 2.75) is 39.3 Å². The predicted molar refractivity (Wildman–Crippen MR) is 71.2 cm³/mol. The summed E-state index contributed by atoms with van der Waals surface area (Å²) >= 11 is 1.21. The number of unbranched alkanes of at least 4 members (excludes halogenated alkanes) is 1. The number of aromatic nitrogens is 1. The SMILES string of the molecule is CCCCOC(C)C(=O)NCc1nc(C(=O)O)cs1. The van der Waals surface area contributed by atoms with Crippen molar-refractivity contribution in [2.75, 3.05) is 6.61 Å². The van der Waals surface area contributed by atoms with Crippen LogP contribution < -0.4 is 5.32 Å². The molecule has 1 heterocycles. The largest absolute Gasteiger partial charge is 0.476 e. The van der Waals surface area contributed by atoms with E-state index in [0.717, 1.165) is 12.8 Å². The highest BCUT2D eigenvalue weighted by Gasteiger charge is 2.14. The number of carbonyl (C=O) groups is 2. The van der Waals surface area contributed by atoms with E-state index in [-0.39, 0.29) is 18.1 Å². The Bertz CT molecular complexity index is 433. The van der Waals surface area contributed by atoms with Gasteiger partial charge < -0.3 is 15.2 Å². The molecule has 1 unspecified atom stereocenters. The number of nitrogens with one attached hydrogen (secondary N) is 1. The number of aromatic carboxylic acids is 1. The number of rotatable bonds is 8. The molecule has 1 amide bonds. The molecule has 7 heteroatoms. The topological polar surface area (TPSA) is 88.5 Å². The van der Waals surface area contributed by atoms with Crippen LogP contribution in [0.1, 0.15) is 42.2 Å². The van der Waals surface area contributed by atoms with Gasteiger partial charge in [0.1, 0.15) is 11.1 Å². The zero-order valence-electron chi connectivity index (χ0n) is 11.0. The molecule has 1 atom stereocenters. The molecule has 0 saturated carbocycles. The molecule has 0 aliphatic rings. The molecule has 1 aromatic rings. The molecule has 0 radical (unpaired) electrons. The predicted octanol–water partition coefficient (Wildman–Crippen LogP) is 1.66. The van der Waals surface area contributed by atoms with E-state index in [1.807, 2.05) is 0 Å². The fraction of sp³-hybridized carbons (Fsp3) is 0.583. The molecule has 19 heavy (non-hydrogen) atoms. The minimum Gasteiger partial charge on any atom is -0.476 e. The Morgan fingerprint density at radius 1 is 1.58 bits per heavy atom. The van der Waals surface area contributed by atoms with E-state index in [4.69, 9.17) is 9.84 Å². The average molecular weight is 286 g/mol. The van der Waals surface area contributed by atoms with Gasteiger partial charge in [0.15, 0.2) is 5.69 Å². The molecule has 0 fully saturated rings. The lowest BCUT2D eigenvalue weighted by Crippen LogP contribution is -2.34. The summed E-state index contributed by atoms with van der Waals surface area (Å²) in [7, 11) is 0. The molecule has 1 rings (SSSR count). The fourth-order valence-electron chi connectivity index (χ4n) is 1.28. The van der Waals surface area contributed by atoms with Crippen LogP contribution in [0.3, 0.4) is 0 Å². The molecule has 0 aliphatic heterocycles. The molecule has 0 aliphatic carbocycles. The standard InChI is InChI=1S/C12H18N2O4S/c1-3-4-5-18-8(2)11(15)13-6-10-14-9(7-19-10)12(16)17/h7-8H,3-6H2,1-2H3,(H,13,15)(H,16,17). The normalized spacial score (nSPS) is 12.1. The van der Waals surface area contributed by atoms with Crippen LogP contribution in [0.2, 0.25) is 0 Å². The van der Waals surface area contributed by atoms with Crippen LogP contribution >= 0.6 is 11.3 Å². The van der Waals surface area contributed by atoms with Gasteiger partial charge in [-0.3, -0.25) is 4.79 Å². The Balaban J connectivity index is 2.34. The van der Waals surface area contributed by atoms with E-state index in [1.165, 1.54) is 16.7 Å². The second kappa shape index (κ2) is 7.85. The minimum absolute atomic E-state index is 0.00138. The second-order valence-corrected chi connectivity index (χ2v) is 4.96. The highest BCUT2D eigenvalue weighted by Crippen LogP contribution is 2.09. The number of thiazole rings is 1. The summed E-state index contributed by atoms with van der Waals surface area (Å²) in [5, 5.41) is 13.4. The summed E-state index contributed by atoms with van der Waals surface area (Å²) in [4.78, 5) is 26.2. The lowest BCUT2D eigenvalue weighted by molar-refractivity contribution is -0.131. The van der Waals surface area contributed by atoms with E-state index in [1.54, 1.807) is 6.92 Å². The van der Waals surface area contributed by atoms with Crippen LogP contribution in [-0.4, -0.2) is 34.7 Å². The van der Waals surface area contributed by atoms with Gasteiger partial charge in [0, 0.05) is 12.0 Å². The van der Waals surface area contributed by atoms with Gasteiger partial charge in [-0.1, -0.05) is 13.3 Å². The maximum Gasteiger partial charge on any atom is 0.355 e. The molecule has 106 valence electrons. The zero-order valence-corrected chi connectivity index (χ0v) is 11.8. The summed E-state index contributed by atoms with van der Waals surface area (Å²) in [5.41, 5.74) is 0.00138. The Morgan fingerprint density at radius 2 is 2.32 bits per heavy atom. The van der Waals surface area contributed by atoms with Crippen molar-refractivity contribution in [2.24, 2.45) is 0 Å². The highest BCUT2D eigenvalue weighted by atomic mass is 32.1. The lowest BCUT2D eigenvalue weighted by atomic mass is 10.3. The molecule has 2 N–H and O–H groups in total. The Labute approximate surface area is 115 Å². The van der Waals surface area contributed by atoms with Crippen molar-refractivity contribution in [1.29, 1.82) is 0 Å². The molecule has 6 nitrogen and oxygen atoms in total. The number of carboxylic acid groups (broad SMARTS) is 1. The number of amides is 1. The molecule has 0 bridgehead atoms. The first-order valence-corrected chi connectivity index (χ1v) is 6.99. The van der Waals surface area contributed by atoms with Crippen molar-refractivity contribution in [1.82, 2.24) is 10.3 Å². The van der Waals surface area contributed by atoms with E-state index in [9.17, 15) is 9.59 Å². The lowest BCUT2D eigenvalue weighted by Gasteiger charge is -2.12. The summed E-state index contributed by atoms with van der Waals surface area (Å²) < 4.78 is 5.35. The van der Waals surface area contributed by atoms with Gasteiger partial charge in [-0.05, 0) is 13.3 Å². The summed E-state index contributed by atoms with van der Waals surface area (Å²) in [6.45, 7) is 4.52. The molecular formula is C12H18N2O4S. The van der Waals surface area contributed by atoms with Crippen LogP contribution in [0.25, 0.3) is 0 Å². The van der Waals surface area contributed by atoms with E-state index in [0.29, 0.717) is 11.6 Å². The van der Waals surface area contributed by atoms with Crippen LogP contribution in [-0.2, 0) is 16.1 Å². The van der Waals surface area contributed by atoms with Gasteiger partial charge in [-0.2, -0.15) is 0 Å². The van der Waals surface area contributed by atoms with Crippen molar-refractivity contribution >= 4 is 23.2 Å². The molecule has 0 spiro atoms. The first kappa shape index (κ1) is 15.6. The quantitative estimate of drug-likeness (QED) is 0.710. The van der Waals surface area contributed by atoms with Crippen LogP contribution in [0, 0.1) is 0 Å². The zero-order chi connectivity index (χ0) is 14.3. The van der Waals surface area contributed by atoms with Gasteiger partial charge >= 0.3 is 5.97 Å². The molecular weight excluding hydrogens is 268 g/mol. The van der Waals surface area contributed by atoms with E-state index in [2.05, 4.69) is 17.2 Å². The Morgan fingerprint density at radius 3 is 2.89 bits per heavy atom. The van der Waals surface area contributed by atoms with Crippen LogP contribution in [0.5, 0.6) is 0 Å². The van der Waals surface area contributed by atoms with Gasteiger partial charge in [0.2, 0.25) is 5.91 Å². The number of carbonyl (C=O) groups excluding carboxylic acids is 1. The van der Waals surface area contributed by atoms with Gasteiger partial charge in [0.25, 0.3) is 0 Å². The van der Waals surface area contributed by atoms with Gasteiger partial charge in [-0.15, -0.1) is 11.3 Å². The monoisotopic (exact) mass is 286 g/mol. The van der Waals surface area contributed by atoms with Crippen molar-refractivity contribution in [3.63, 3.8) is 0 Å². The number of carboxylic acids is 1. The summed E-state index contributed by atoms with van der Waals surface area (Å²) in [6.07, 6.45) is 1.43. The van der Waals surface area contributed by atoms with Gasteiger partial charge in [0.05, 0.1) is 6.54 Å². The third-order valence-electron chi connectivity index (χ3n) is 2.42. The number of hydrogen-bond donors (Lipinski definition) is 2. The molecule has 0 saturated heterocycles. The number of ether oxygens (including phenoxy) is 1. The minimum atomic E-state index is -1.06. The fourth-order valence-corrected chi connectivity index (χ4v) is 1.98. The van der Waals surface area contributed by atoms with Crippen molar-refractivity contribution in [3.05, 3.63) is 16.1 Å². The van der Waals surface area contributed by atoms with Crippen LogP contribution in [0.4, 0.5) is 0 Å². The first-order valence-electron chi connectivity index (χ1n) is 6.11. The number of hydrogen-bond acceptors (Lipinski definition) is 5. The van der Waals surface area contributed by atoms with Crippen molar-refractivity contribution < 1.29 is 19.4 Å². The third-order valence-corrected chi connectivity index (χ3v) is 3.27. The summed E-state index contributed by atoms with van der Waals surface area (Å²) in [5.74, 6) is -1.28. The molecule has 1 aromatic heterocycles. The third kappa shape index (κ3) is 5.35. The highest BCUT2D eigenvalue weighted by molar-refractivity contribution is 7.09. The van der Waals surface area contributed by atoms with Gasteiger partial charge in [-0.25, -0.2) is 9.78 Å². The first-order chi connectivity index (χ1) is 9.04. The van der Waals surface area contributed by atoms with Crippen molar-refractivity contribution in [3.8, 4) is 0 Å². The smallest absolute Gasteiger partial charge is 0.355 e. The molecule has 0 aromatic carbocycles. The van der Waals surface area contributed by atoms with E-state index >= 15 is 0 Å². The number of nitrogens with zero attached hydrogens (tertiary/aromatic N) is 1. The van der Waals surface area contributed by atoms with Crippen LogP contribution in [0.15, 0.2) is 5.38 Å². The Kier molecular flexibility index (Phi) is 6.44. The Hall–Kier alpha value is -1.47. The summed E-state index contributed by atoms with van der Waals surface area (Å²) in [6, 6.07) is 0. The maximum atomic E-state index is 11.7. The second-order valence-electron chi connectivity index (χ2n) is 4.02. The maximum absolute atomic E-state index is 11.7. The van der Waals surface area contributed by atoms with E-state index < -0.39 is 12.1 Å².